The maximum atomic E-state index is 12.3. The van der Waals surface area contributed by atoms with E-state index in [2.05, 4.69) is 20.0 Å². The van der Waals surface area contributed by atoms with Crippen LogP contribution in [0.2, 0.25) is 5.02 Å². The van der Waals surface area contributed by atoms with Crippen LogP contribution in [0.25, 0.3) is 0 Å². The number of amides is 1. The fraction of sp³-hybridized carbons (Fsp3) is 0.150. The van der Waals surface area contributed by atoms with Crippen LogP contribution < -0.4 is 10.0 Å². The summed E-state index contributed by atoms with van der Waals surface area (Å²) >= 11 is 5.85. The lowest BCUT2D eigenvalue weighted by molar-refractivity contribution is -0.116. The molecule has 0 spiro atoms. The molecule has 0 unspecified atom stereocenters. The number of aromatic nitrogens is 2. The molecule has 9 heteroatoms. The fourth-order valence-electron chi connectivity index (χ4n) is 2.58. The molecule has 0 saturated carbocycles. The Balaban J connectivity index is 1.51. The highest BCUT2D eigenvalue weighted by Crippen LogP contribution is 2.17. The smallest absolute Gasteiger partial charge is 0.264 e. The minimum Gasteiger partial charge on any atom is -0.326 e. The van der Waals surface area contributed by atoms with E-state index in [0.717, 1.165) is 12.0 Å². The second-order valence-corrected chi connectivity index (χ2v) is 8.35. The van der Waals surface area contributed by atoms with Crippen LogP contribution in [0, 0.1) is 0 Å². The highest BCUT2D eigenvalue weighted by molar-refractivity contribution is 7.92. The first-order valence-electron chi connectivity index (χ1n) is 8.86. The lowest BCUT2D eigenvalue weighted by Crippen LogP contribution is -2.15. The Labute approximate surface area is 174 Å². The van der Waals surface area contributed by atoms with E-state index in [1.54, 1.807) is 6.07 Å². The molecular formula is C20H19ClN4O3S. The summed E-state index contributed by atoms with van der Waals surface area (Å²) in [6, 6.07) is 15.0. The summed E-state index contributed by atoms with van der Waals surface area (Å²) < 4.78 is 27.0. The third kappa shape index (κ3) is 6.27. The molecule has 0 fully saturated rings. The van der Waals surface area contributed by atoms with Gasteiger partial charge in [-0.15, -0.1) is 0 Å². The number of nitrogens with zero attached hydrogens (tertiary/aromatic N) is 2. The average Bonchev–Trinajstić information content (AvgIpc) is 2.70. The minimum absolute atomic E-state index is 0.00873. The summed E-state index contributed by atoms with van der Waals surface area (Å²) in [5, 5.41) is 3.45. The standard InChI is InChI=1S/C20H19ClN4O3S/c21-16-7-5-15(6-8-16)3-1-4-19(26)24-17-9-11-18(12-10-17)29(27,28)25-20-22-13-2-14-23-20/h2,5-14H,1,3-4H2,(H,24,26)(H,22,23,25). The molecule has 29 heavy (non-hydrogen) atoms. The van der Waals surface area contributed by atoms with E-state index in [0.29, 0.717) is 23.6 Å². The highest BCUT2D eigenvalue weighted by atomic mass is 35.5. The minimum atomic E-state index is -3.80. The summed E-state index contributed by atoms with van der Waals surface area (Å²) in [5.41, 5.74) is 1.64. The Morgan fingerprint density at radius 1 is 0.966 bits per heavy atom. The predicted octanol–water partition coefficient (Wildman–Crippen LogP) is 3.89. The summed E-state index contributed by atoms with van der Waals surface area (Å²) in [6.07, 6.45) is 4.71. The van der Waals surface area contributed by atoms with Gasteiger partial charge in [-0.3, -0.25) is 4.79 Å². The van der Waals surface area contributed by atoms with Gasteiger partial charge in [0.05, 0.1) is 4.90 Å². The molecule has 0 atom stereocenters. The van der Waals surface area contributed by atoms with Crippen LogP contribution in [0.3, 0.4) is 0 Å². The predicted molar refractivity (Wildman–Crippen MR) is 112 cm³/mol. The second-order valence-electron chi connectivity index (χ2n) is 6.23. The zero-order valence-electron chi connectivity index (χ0n) is 15.4. The quantitative estimate of drug-likeness (QED) is 0.564. The lowest BCUT2D eigenvalue weighted by atomic mass is 10.1. The molecule has 0 aliphatic heterocycles. The van der Waals surface area contributed by atoms with Crippen LogP contribution in [0.1, 0.15) is 18.4 Å². The topological polar surface area (TPSA) is 101 Å². The third-order valence-electron chi connectivity index (χ3n) is 4.02. The normalized spacial score (nSPS) is 11.1. The Hall–Kier alpha value is -2.97. The Morgan fingerprint density at radius 3 is 2.28 bits per heavy atom. The van der Waals surface area contributed by atoms with Crippen LogP contribution in [0.5, 0.6) is 0 Å². The Morgan fingerprint density at radius 2 is 1.62 bits per heavy atom. The summed E-state index contributed by atoms with van der Waals surface area (Å²) in [5.74, 6) is -0.143. The monoisotopic (exact) mass is 430 g/mol. The van der Waals surface area contributed by atoms with Crippen LogP contribution >= 0.6 is 11.6 Å². The lowest BCUT2D eigenvalue weighted by Gasteiger charge is -2.08. The van der Waals surface area contributed by atoms with Gasteiger partial charge in [-0.05, 0) is 60.9 Å². The molecule has 3 aromatic rings. The van der Waals surface area contributed by atoms with Gasteiger partial charge < -0.3 is 5.32 Å². The number of carbonyl (C=O) groups is 1. The Bertz CT molecular complexity index is 1060. The number of nitrogens with one attached hydrogen (secondary N) is 2. The molecule has 0 saturated heterocycles. The maximum Gasteiger partial charge on any atom is 0.264 e. The molecular weight excluding hydrogens is 412 g/mol. The number of rotatable bonds is 8. The molecule has 0 bridgehead atoms. The van der Waals surface area contributed by atoms with Gasteiger partial charge in [0.25, 0.3) is 10.0 Å². The number of hydrogen-bond acceptors (Lipinski definition) is 5. The van der Waals surface area contributed by atoms with Gasteiger partial charge in [-0.2, -0.15) is 0 Å². The van der Waals surface area contributed by atoms with Crippen LogP contribution in [-0.4, -0.2) is 24.3 Å². The molecule has 2 aromatic carbocycles. The van der Waals surface area contributed by atoms with Gasteiger partial charge in [-0.25, -0.2) is 23.1 Å². The van der Waals surface area contributed by atoms with Gasteiger partial charge in [0.15, 0.2) is 0 Å². The second kappa shape index (κ2) is 9.49. The van der Waals surface area contributed by atoms with Crippen molar-refractivity contribution in [1.29, 1.82) is 0 Å². The summed E-state index contributed by atoms with van der Waals surface area (Å²) in [4.78, 5) is 19.8. The zero-order chi connectivity index (χ0) is 20.7. The molecule has 3 rings (SSSR count). The van der Waals surface area contributed by atoms with Crippen molar-refractivity contribution in [2.75, 3.05) is 10.0 Å². The molecule has 2 N–H and O–H groups in total. The fourth-order valence-corrected chi connectivity index (χ4v) is 3.66. The van der Waals surface area contributed by atoms with Gasteiger partial charge in [0, 0.05) is 29.5 Å². The molecule has 0 aliphatic carbocycles. The summed E-state index contributed by atoms with van der Waals surface area (Å²) in [6.45, 7) is 0. The Kier molecular flexibility index (Phi) is 6.79. The van der Waals surface area contributed by atoms with Crippen molar-refractivity contribution >= 4 is 39.2 Å². The van der Waals surface area contributed by atoms with Crippen molar-refractivity contribution in [3.05, 3.63) is 77.6 Å². The van der Waals surface area contributed by atoms with Gasteiger partial charge in [-0.1, -0.05) is 23.7 Å². The van der Waals surface area contributed by atoms with Crippen molar-refractivity contribution < 1.29 is 13.2 Å². The third-order valence-corrected chi connectivity index (χ3v) is 5.62. The molecule has 0 radical (unpaired) electrons. The van der Waals surface area contributed by atoms with Crippen molar-refractivity contribution in [2.45, 2.75) is 24.2 Å². The van der Waals surface area contributed by atoms with Crippen molar-refractivity contribution in [3.8, 4) is 0 Å². The number of benzene rings is 2. The number of halogens is 1. The average molecular weight is 431 g/mol. The molecule has 1 heterocycles. The molecule has 0 aliphatic rings. The van der Waals surface area contributed by atoms with E-state index in [-0.39, 0.29) is 16.8 Å². The van der Waals surface area contributed by atoms with E-state index in [1.165, 1.54) is 36.7 Å². The van der Waals surface area contributed by atoms with E-state index in [4.69, 9.17) is 11.6 Å². The molecule has 7 nitrogen and oxygen atoms in total. The van der Waals surface area contributed by atoms with Crippen LogP contribution in [0.15, 0.2) is 71.9 Å². The molecule has 1 aromatic heterocycles. The first-order valence-corrected chi connectivity index (χ1v) is 10.7. The van der Waals surface area contributed by atoms with E-state index < -0.39 is 10.0 Å². The number of sulfonamides is 1. The first kappa shape index (κ1) is 20.8. The van der Waals surface area contributed by atoms with Crippen molar-refractivity contribution in [2.24, 2.45) is 0 Å². The number of carbonyl (C=O) groups excluding carboxylic acids is 1. The van der Waals surface area contributed by atoms with Crippen LogP contribution in [0.4, 0.5) is 11.6 Å². The first-order chi connectivity index (χ1) is 13.9. The van der Waals surface area contributed by atoms with Crippen molar-refractivity contribution in [3.63, 3.8) is 0 Å². The van der Waals surface area contributed by atoms with Gasteiger partial charge in [0.2, 0.25) is 11.9 Å². The SMILES string of the molecule is O=C(CCCc1ccc(Cl)cc1)Nc1ccc(S(=O)(=O)Nc2ncccn2)cc1. The maximum absolute atomic E-state index is 12.3. The number of aryl methyl sites for hydroxylation is 1. The van der Waals surface area contributed by atoms with Gasteiger partial charge in [0.1, 0.15) is 0 Å². The van der Waals surface area contributed by atoms with E-state index >= 15 is 0 Å². The van der Waals surface area contributed by atoms with E-state index in [1.807, 2.05) is 24.3 Å². The highest BCUT2D eigenvalue weighted by Gasteiger charge is 2.15. The molecule has 150 valence electrons. The van der Waals surface area contributed by atoms with Crippen molar-refractivity contribution in [1.82, 2.24) is 9.97 Å². The number of hydrogen-bond donors (Lipinski definition) is 2. The number of anilines is 2. The van der Waals surface area contributed by atoms with E-state index in [9.17, 15) is 13.2 Å². The molecule has 1 amide bonds. The zero-order valence-corrected chi connectivity index (χ0v) is 16.9. The van der Waals surface area contributed by atoms with Crippen LogP contribution in [-0.2, 0) is 21.2 Å². The summed E-state index contributed by atoms with van der Waals surface area (Å²) in [7, 11) is -3.80. The van der Waals surface area contributed by atoms with Gasteiger partial charge >= 0.3 is 0 Å². The largest absolute Gasteiger partial charge is 0.326 e.